The first-order chi connectivity index (χ1) is 9.29. The highest BCUT2D eigenvalue weighted by atomic mass is 16.2. The first kappa shape index (κ1) is 13.8. The molecule has 0 unspecified atom stereocenters. The number of carbonyl (C=O) groups excluding carboxylic acids is 1. The van der Waals surface area contributed by atoms with Crippen LogP contribution in [0, 0.1) is 0 Å². The van der Waals surface area contributed by atoms with E-state index in [9.17, 15) is 4.79 Å². The molecule has 1 aromatic carbocycles. The summed E-state index contributed by atoms with van der Waals surface area (Å²) in [5.74, 6) is -0.0622. The molecule has 0 fully saturated rings. The van der Waals surface area contributed by atoms with Crippen molar-refractivity contribution in [3.05, 3.63) is 47.5 Å². The average Bonchev–Trinajstić information content (AvgIpc) is 2.47. The third-order valence-electron chi connectivity index (χ3n) is 3.25. The fourth-order valence-electron chi connectivity index (χ4n) is 2.14. The van der Waals surface area contributed by atoms with Crippen LogP contribution in [0.3, 0.4) is 0 Å². The maximum Gasteiger partial charge on any atom is 0.265 e. The minimum absolute atomic E-state index is 0.0622. The summed E-state index contributed by atoms with van der Waals surface area (Å²) in [6.07, 6.45) is 4.87. The molecule has 4 nitrogen and oxygen atoms in total. The van der Waals surface area contributed by atoms with Crippen molar-refractivity contribution in [3.8, 4) is 0 Å². The van der Waals surface area contributed by atoms with Crippen molar-refractivity contribution >= 4 is 5.91 Å². The summed E-state index contributed by atoms with van der Waals surface area (Å²) in [7, 11) is 0. The number of hydrogen-bond donors (Lipinski definition) is 2. The maximum absolute atomic E-state index is 12.0. The lowest BCUT2D eigenvalue weighted by Crippen LogP contribution is -2.44. The minimum Gasteiger partial charge on any atom is -0.396 e. The molecule has 1 amide bonds. The van der Waals surface area contributed by atoms with Crippen molar-refractivity contribution in [3.63, 3.8) is 0 Å². The lowest BCUT2D eigenvalue weighted by Gasteiger charge is -2.26. The summed E-state index contributed by atoms with van der Waals surface area (Å²) < 4.78 is 0. The van der Waals surface area contributed by atoms with E-state index in [1.54, 1.807) is 0 Å². The first-order valence-corrected chi connectivity index (χ1v) is 6.69. The van der Waals surface area contributed by atoms with Gasteiger partial charge in [0.15, 0.2) is 0 Å². The number of aliphatic hydroxyl groups is 1. The number of hydrazine groups is 1. The van der Waals surface area contributed by atoms with Gasteiger partial charge in [-0.05, 0) is 31.4 Å². The van der Waals surface area contributed by atoms with Crippen molar-refractivity contribution < 1.29 is 9.90 Å². The van der Waals surface area contributed by atoms with E-state index < -0.39 is 0 Å². The molecular formula is C15H20N2O2. The smallest absolute Gasteiger partial charge is 0.265 e. The second-order valence-electron chi connectivity index (χ2n) is 4.69. The zero-order valence-corrected chi connectivity index (χ0v) is 11.0. The Labute approximate surface area is 113 Å². The number of nitrogens with zero attached hydrogens (tertiary/aromatic N) is 1. The van der Waals surface area contributed by atoms with Crippen LogP contribution < -0.4 is 5.43 Å². The molecule has 0 bridgehead atoms. The standard InChI is InChI=1S/C15H20N2O2/c18-12-4-5-13-8-10-17(11-9-13)16-15(19)14-6-2-1-3-7-14/h1-3,6-8,18H,4-5,9-12H2,(H,16,19). The topological polar surface area (TPSA) is 52.6 Å². The van der Waals surface area contributed by atoms with Gasteiger partial charge in [-0.25, -0.2) is 5.01 Å². The lowest BCUT2D eigenvalue weighted by atomic mass is 10.0. The number of aliphatic hydroxyl groups excluding tert-OH is 1. The fraction of sp³-hybridized carbons (Fsp3) is 0.400. The van der Waals surface area contributed by atoms with Crippen LogP contribution in [-0.2, 0) is 0 Å². The quantitative estimate of drug-likeness (QED) is 0.793. The van der Waals surface area contributed by atoms with Crippen molar-refractivity contribution in [2.75, 3.05) is 19.7 Å². The molecule has 1 aromatic rings. The summed E-state index contributed by atoms with van der Waals surface area (Å²) >= 11 is 0. The summed E-state index contributed by atoms with van der Waals surface area (Å²) in [5, 5.41) is 10.7. The van der Waals surface area contributed by atoms with E-state index in [-0.39, 0.29) is 12.5 Å². The highest BCUT2D eigenvalue weighted by Crippen LogP contribution is 2.14. The second-order valence-corrected chi connectivity index (χ2v) is 4.69. The number of rotatable bonds is 5. The van der Waals surface area contributed by atoms with Crippen molar-refractivity contribution in [1.82, 2.24) is 10.4 Å². The van der Waals surface area contributed by atoms with Gasteiger partial charge in [-0.3, -0.25) is 10.2 Å². The van der Waals surface area contributed by atoms with Crippen LogP contribution in [0.25, 0.3) is 0 Å². The molecule has 0 saturated carbocycles. The molecular weight excluding hydrogens is 240 g/mol. The number of benzene rings is 1. The predicted octanol–water partition coefficient (Wildman–Crippen LogP) is 1.74. The fourth-order valence-corrected chi connectivity index (χ4v) is 2.14. The predicted molar refractivity (Wildman–Crippen MR) is 74.5 cm³/mol. The van der Waals surface area contributed by atoms with E-state index in [1.165, 1.54) is 5.57 Å². The van der Waals surface area contributed by atoms with Gasteiger partial charge in [0.2, 0.25) is 0 Å². The molecule has 0 spiro atoms. The Bertz CT molecular complexity index is 443. The number of amides is 1. The molecule has 0 aliphatic carbocycles. The summed E-state index contributed by atoms with van der Waals surface area (Å²) in [6.45, 7) is 1.81. The molecule has 2 rings (SSSR count). The molecule has 1 aliphatic rings. The second kappa shape index (κ2) is 7.07. The van der Waals surface area contributed by atoms with Gasteiger partial charge in [0.05, 0.1) is 0 Å². The molecule has 1 heterocycles. The molecule has 0 saturated heterocycles. The number of hydrogen-bond acceptors (Lipinski definition) is 3. The van der Waals surface area contributed by atoms with Crippen LogP contribution >= 0.6 is 0 Å². The molecule has 0 radical (unpaired) electrons. The van der Waals surface area contributed by atoms with Gasteiger partial charge in [-0.2, -0.15) is 0 Å². The number of carbonyl (C=O) groups is 1. The van der Waals surface area contributed by atoms with E-state index in [0.29, 0.717) is 5.56 Å². The van der Waals surface area contributed by atoms with Crippen molar-refractivity contribution in [2.24, 2.45) is 0 Å². The third kappa shape index (κ3) is 4.19. The molecule has 19 heavy (non-hydrogen) atoms. The Kier molecular flexibility index (Phi) is 5.12. The van der Waals surface area contributed by atoms with Gasteiger partial charge in [-0.1, -0.05) is 29.8 Å². The van der Waals surface area contributed by atoms with Gasteiger partial charge >= 0.3 is 0 Å². The minimum atomic E-state index is -0.0622. The Morgan fingerprint density at radius 1 is 1.32 bits per heavy atom. The van der Waals surface area contributed by atoms with E-state index in [2.05, 4.69) is 11.5 Å². The molecule has 2 N–H and O–H groups in total. The molecule has 1 aliphatic heterocycles. The van der Waals surface area contributed by atoms with Crippen LogP contribution in [0.15, 0.2) is 42.0 Å². The lowest BCUT2D eigenvalue weighted by molar-refractivity contribution is 0.0801. The highest BCUT2D eigenvalue weighted by Gasteiger charge is 2.14. The highest BCUT2D eigenvalue weighted by molar-refractivity contribution is 5.93. The average molecular weight is 260 g/mol. The molecule has 102 valence electrons. The maximum atomic E-state index is 12.0. The Morgan fingerprint density at radius 2 is 2.11 bits per heavy atom. The van der Waals surface area contributed by atoms with E-state index in [4.69, 9.17) is 5.11 Å². The van der Waals surface area contributed by atoms with Crippen LogP contribution in [0.2, 0.25) is 0 Å². The van der Waals surface area contributed by atoms with Gasteiger partial charge in [-0.15, -0.1) is 0 Å². The first-order valence-electron chi connectivity index (χ1n) is 6.69. The molecule has 4 heteroatoms. The van der Waals surface area contributed by atoms with Crippen molar-refractivity contribution in [1.29, 1.82) is 0 Å². The number of nitrogens with one attached hydrogen (secondary N) is 1. The molecule has 0 aromatic heterocycles. The SMILES string of the molecule is O=C(NN1CC=C(CCCO)CC1)c1ccccc1. The van der Waals surface area contributed by atoms with Crippen molar-refractivity contribution in [2.45, 2.75) is 19.3 Å². The Morgan fingerprint density at radius 3 is 2.74 bits per heavy atom. The van der Waals surface area contributed by atoms with Crippen LogP contribution in [-0.4, -0.2) is 35.7 Å². The molecule has 0 atom stereocenters. The zero-order valence-electron chi connectivity index (χ0n) is 11.0. The third-order valence-corrected chi connectivity index (χ3v) is 3.25. The van der Waals surface area contributed by atoms with Crippen LogP contribution in [0.5, 0.6) is 0 Å². The summed E-state index contributed by atoms with van der Waals surface area (Å²) in [4.78, 5) is 12.0. The van der Waals surface area contributed by atoms with Crippen LogP contribution in [0.1, 0.15) is 29.6 Å². The van der Waals surface area contributed by atoms with Gasteiger partial charge < -0.3 is 5.11 Å². The van der Waals surface area contributed by atoms with E-state index >= 15 is 0 Å². The van der Waals surface area contributed by atoms with E-state index in [0.717, 1.165) is 32.4 Å². The van der Waals surface area contributed by atoms with Gasteiger partial charge in [0.25, 0.3) is 5.91 Å². The summed E-state index contributed by atoms with van der Waals surface area (Å²) in [5.41, 5.74) is 4.96. The Balaban J connectivity index is 1.82. The van der Waals surface area contributed by atoms with Gasteiger partial charge in [0.1, 0.15) is 0 Å². The normalized spacial score (nSPS) is 15.9. The van der Waals surface area contributed by atoms with Gasteiger partial charge in [0, 0.05) is 25.3 Å². The van der Waals surface area contributed by atoms with Crippen LogP contribution in [0.4, 0.5) is 0 Å². The largest absolute Gasteiger partial charge is 0.396 e. The monoisotopic (exact) mass is 260 g/mol. The van der Waals surface area contributed by atoms with E-state index in [1.807, 2.05) is 35.3 Å². The Hall–Kier alpha value is -1.65. The summed E-state index contributed by atoms with van der Waals surface area (Å²) in [6, 6.07) is 9.23. The zero-order chi connectivity index (χ0) is 13.5.